The van der Waals surface area contributed by atoms with Gasteiger partial charge < -0.3 is 5.73 Å². The van der Waals surface area contributed by atoms with E-state index in [1.165, 1.54) is 0 Å². The second-order valence-electron chi connectivity index (χ2n) is 2.69. The number of hydrogen-bond acceptors (Lipinski definition) is 1. The lowest BCUT2D eigenvalue weighted by Crippen LogP contribution is -2.08. The lowest BCUT2D eigenvalue weighted by atomic mass is 10.1. The van der Waals surface area contributed by atoms with Crippen LogP contribution in [0.3, 0.4) is 0 Å². The highest BCUT2D eigenvalue weighted by Gasteiger charge is 2.04. The molecule has 0 aliphatic heterocycles. The summed E-state index contributed by atoms with van der Waals surface area (Å²) in [7, 11) is 0. The lowest BCUT2D eigenvalue weighted by molar-refractivity contribution is 0.698. The van der Waals surface area contributed by atoms with E-state index in [9.17, 15) is 0 Å². The maximum Gasteiger partial charge on any atom is 0.0551 e. The van der Waals surface area contributed by atoms with Crippen molar-refractivity contribution in [2.24, 2.45) is 5.73 Å². The summed E-state index contributed by atoms with van der Waals surface area (Å²) in [6, 6.07) is 5.91. The molecule has 0 amide bonds. The van der Waals surface area contributed by atoms with Crippen molar-refractivity contribution in [3.05, 3.63) is 33.3 Å². The van der Waals surface area contributed by atoms with Gasteiger partial charge in [-0.05, 0) is 40.0 Å². The minimum atomic E-state index is 0.0931. The molecule has 3 heteroatoms. The average Bonchev–Trinajstić information content (AvgIpc) is 2.08. The van der Waals surface area contributed by atoms with Gasteiger partial charge in [0.15, 0.2) is 0 Å². The minimum Gasteiger partial charge on any atom is -0.324 e. The molecule has 0 saturated heterocycles. The predicted molar refractivity (Wildman–Crippen MR) is 56.4 cm³/mol. The largest absolute Gasteiger partial charge is 0.324 e. The predicted octanol–water partition coefficient (Wildman–Crippen LogP) is 3.51. The fourth-order valence-corrected chi connectivity index (χ4v) is 1.41. The SMILES string of the molecule is CC[C@@H](N)c1ccc(Br)c(Cl)c1. The van der Waals surface area contributed by atoms with Gasteiger partial charge in [0.2, 0.25) is 0 Å². The van der Waals surface area contributed by atoms with E-state index in [0.29, 0.717) is 0 Å². The van der Waals surface area contributed by atoms with Crippen molar-refractivity contribution in [2.45, 2.75) is 19.4 Å². The van der Waals surface area contributed by atoms with E-state index >= 15 is 0 Å². The highest BCUT2D eigenvalue weighted by atomic mass is 79.9. The van der Waals surface area contributed by atoms with Crippen LogP contribution in [0, 0.1) is 0 Å². The fraction of sp³-hybridized carbons (Fsp3) is 0.333. The zero-order valence-electron chi connectivity index (χ0n) is 6.85. The van der Waals surface area contributed by atoms with Gasteiger partial charge in [-0.25, -0.2) is 0 Å². The Labute approximate surface area is 86.0 Å². The van der Waals surface area contributed by atoms with E-state index in [2.05, 4.69) is 22.9 Å². The van der Waals surface area contributed by atoms with Gasteiger partial charge in [0.1, 0.15) is 0 Å². The first kappa shape index (κ1) is 10.0. The summed E-state index contributed by atoms with van der Waals surface area (Å²) in [5.74, 6) is 0. The number of rotatable bonds is 2. The molecular formula is C9H11BrClN. The van der Waals surface area contributed by atoms with Crippen molar-refractivity contribution in [1.29, 1.82) is 0 Å². The maximum atomic E-state index is 5.91. The third-order valence-electron chi connectivity index (χ3n) is 1.81. The van der Waals surface area contributed by atoms with Gasteiger partial charge >= 0.3 is 0 Å². The third kappa shape index (κ3) is 2.22. The van der Waals surface area contributed by atoms with Crippen LogP contribution in [0.25, 0.3) is 0 Å². The van der Waals surface area contributed by atoms with E-state index < -0.39 is 0 Å². The Bertz CT molecular complexity index is 275. The molecule has 1 nitrogen and oxygen atoms in total. The third-order valence-corrected chi connectivity index (χ3v) is 3.04. The molecule has 0 radical (unpaired) electrons. The molecule has 1 rings (SSSR count). The van der Waals surface area contributed by atoms with Crippen LogP contribution in [0.2, 0.25) is 5.02 Å². The van der Waals surface area contributed by atoms with Crippen molar-refractivity contribution in [3.8, 4) is 0 Å². The molecule has 0 aliphatic carbocycles. The molecule has 0 unspecified atom stereocenters. The van der Waals surface area contributed by atoms with Crippen LogP contribution in [0.5, 0.6) is 0 Å². The number of halogens is 2. The van der Waals surface area contributed by atoms with Gasteiger partial charge in [-0.3, -0.25) is 0 Å². The van der Waals surface area contributed by atoms with E-state index in [1.807, 2.05) is 18.2 Å². The van der Waals surface area contributed by atoms with Crippen LogP contribution in [-0.2, 0) is 0 Å². The van der Waals surface area contributed by atoms with Gasteiger partial charge in [-0.15, -0.1) is 0 Å². The zero-order chi connectivity index (χ0) is 9.14. The zero-order valence-corrected chi connectivity index (χ0v) is 9.19. The highest BCUT2D eigenvalue weighted by Crippen LogP contribution is 2.26. The molecule has 0 fully saturated rings. The highest BCUT2D eigenvalue weighted by molar-refractivity contribution is 9.10. The van der Waals surface area contributed by atoms with Crippen LogP contribution in [0.15, 0.2) is 22.7 Å². The summed E-state index contributed by atoms with van der Waals surface area (Å²) >= 11 is 9.24. The second kappa shape index (κ2) is 4.26. The van der Waals surface area contributed by atoms with Crippen molar-refractivity contribution in [3.63, 3.8) is 0 Å². The average molecular weight is 249 g/mol. The quantitative estimate of drug-likeness (QED) is 0.851. The Kier molecular flexibility index (Phi) is 3.56. The van der Waals surface area contributed by atoms with E-state index in [-0.39, 0.29) is 6.04 Å². The molecule has 66 valence electrons. The molecule has 0 saturated carbocycles. The monoisotopic (exact) mass is 247 g/mol. The molecule has 0 aliphatic rings. The molecule has 0 spiro atoms. The molecule has 1 aromatic rings. The lowest BCUT2D eigenvalue weighted by Gasteiger charge is -2.09. The normalized spacial score (nSPS) is 13.0. The second-order valence-corrected chi connectivity index (χ2v) is 3.95. The van der Waals surface area contributed by atoms with E-state index in [4.69, 9.17) is 17.3 Å². The van der Waals surface area contributed by atoms with Gasteiger partial charge in [0, 0.05) is 10.5 Å². The van der Waals surface area contributed by atoms with Crippen molar-refractivity contribution < 1.29 is 0 Å². The Morgan fingerprint density at radius 2 is 2.25 bits per heavy atom. The Hall–Kier alpha value is -0.0500. The van der Waals surface area contributed by atoms with Gasteiger partial charge in [0.25, 0.3) is 0 Å². The Morgan fingerprint density at radius 3 is 2.75 bits per heavy atom. The first-order valence-corrected chi connectivity index (χ1v) is 5.02. The number of benzene rings is 1. The molecule has 1 aromatic carbocycles. The van der Waals surface area contributed by atoms with E-state index in [1.54, 1.807) is 0 Å². The summed E-state index contributed by atoms with van der Waals surface area (Å²) in [6.07, 6.45) is 0.929. The Morgan fingerprint density at radius 1 is 1.58 bits per heavy atom. The van der Waals surface area contributed by atoms with Crippen molar-refractivity contribution in [1.82, 2.24) is 0 Å². The molecule has 0 aromatic heterocycles. The van der Waals surface area contributed by atoms with Crippen molar-refractivity contribution >= 4 is 27.5 Å². The maximum absolute atomic E-state index is 5.91. The standard InChI is InChI=1S/C9H11BrClN/c1-2-9(12)6-3-4-7(10)8(11)5-6/h3-5,9H,2,12H2,1H3/t9-/m1/s1. The van der Waals surface area contributed by atoms with Gasteiger partial charge in [-0.2, -0.15) is 0 Å². The molecule has 12 heavy (non-hydrogen) atoms. The van der Waals surface area contributed by atoms with Crippen LogP contribution in [-0.4, -0.2) is 0 Å². The minimum absolute atomic E-state index is 0.0931. The first-order valence-electron chi connectivity index (χ1n) is 3.85. The topological polar surface area (TPSA) is 26.0 Å². The first-order chi connectivity index (χ1) is 5.65. The number of hydrogen-bond donors (Lipinski definition) is 1. The van der Waals surface area contributed by atoms with Gasteiger partial charge in [-0.1, -0.05) is 24.6 Å². The van der Waals surface area contributed by atoms with Crippen LogP contribution >= 0.6 is 27.5 Å². The van der Waals surface area contributed by atoms with Crippen LogP contribution in [0.1, 0.15) is 24.9 Å². The number of nitrogens with two attached hydrogens (primary N) is 1. The molecular weight excluding hydrogens is 237 g/mol. The molecule has 0 bridgehead atoms. The molecule has 1 atom stereocenters. The van der Waals surface area contributed by atoms with Crippen molar-refractivity contribution in [2.75, 3.05) is 0 Å². The summed E-state index contributed by atoms with van der Waals surface area (Å²) < 4.78 is 0.913. The summed E-state index contributed by atoms with van der Waals surface area (Å²) in [4.78, 5) is 0. The molecule has 2 N–H and O–H groups in total. The molecule has 0 heterocycles. The smallest absolute Gasteiger partial charge is 0.0551 e. The Balaban J connectivity index is 2.96. The summed E-state index contributed by atoms with van der Waals surface area (Å²) in [5, 5.41) is 0.719. The van der Waals surface area contributed by atoms with Gasteiger partial charge in [0.05, 0.1) is 5.02 Å². The van der Waals surface area contributed by atoms with Crippen LogP contribution < -0.4 is 5.73 Å². The fourth-order valence-electron chi connectivity index (χ4n) is 0.979. The van der Waals surface area contributed by atoms with Crippen LogP contribution in [0.4, 0.5) is 0 Å². The van der Waals surface area contributed by atoms with E-state index in [0.717, 1.165) is 21.5 Å². The summed E-state index contributed by atoms with van der Waals surface area (Å²) in [6.45, 7) is 2.06. The summed E-state index contributed by atoms with van der Waals surface area (Å²) in [5.41, 5.74) is 6.93.